The fourth-order valence-electron chi connectivity index (χ4n) is 2.90. The van der Waals surface area contributed by atoms with Gasteiger partial charge in [0.25, 0.3) is 5.91 Å². The van der Waals surface area contributed by atoms with Crippen LogP contribution in [0.3, 0.4) is 0 Å². The maximum Gasteiger partial charge on any atom is 0.400 e. The van der Waals surface area contributed by atoms with E-state index in [0.717, 1.165) is 6.21 Å². The van der Waals surface area contributed by atoms with Crippen molar-refractivity contribution in [1.82, 2.24) is 10.2 Å². The monoisotopic (exact) mass is 411 g/mol. The van der Waals surface area contributed by atoms with Crippen molar-refractivity contribution < 1.29 is 27.1 Å². The van der Waals surface area contributed by atoms with E-state index >= 15 is 0 Å². The number of nitrogens with one attached hydrogen (secondary N) is 2. The number of hydrogen-bond acceptors (Lipinski definition) is 7. The SMILES string of the molecule is CNC1N=C(Nc2cc3occ(C(=O)N(C)C)c3cc2OC)N=CC1C(F)(F)F. The van der Waals surface area contributed by atoms with E-state index in [2.05, 4.69) is 20.6 Å². The van der Waals surface area contributed by atoms with Gasteiger partial charge in [0.15, 0.2) is 0 Å². The lowest BCUT2D eigenvalue weighted by atomic mass is 10.1. The topological polar surface area (TPSA) is 91.5 Å². The summed E-state index contributed by atoms with van der Waals surface area (Å²) in [5.41, 5.74) is 1.15. The van der Waals surface area contributed by atoms with Crippen molar-refractivity contribution in [2.45, 2.75) is 12.3 Å². The van der Waals surface area contributed by atoms with Gasteiger partial charge >= 0.3 is 6.18 Å². The predicted molar refractivity (Wildman–Crippen MR) is 103 cm³/mol. The summed E-state index contributed by atoms with van der Waals surface area (Å²) >= 11 is 0. The van der Waals surface area contributed by atoms with E-state index < -0.39 is 18.3 Å². The summed E-state index contributed by atoms with van der Waals surface area (Å²) in [6, 6.07) is 3.18. The Morgan fingerprint density at radius 2 is 2.03 bits per heavy atom. The summed E-state index contributed by atoms with van der Waals surface area (Å²) in [6.45, 7) is 0. The maximum atomic E-state index is 13.1. The Kier molecular flexibility index (Phi) is 5.51. The zero-order valence-electron chi connectivity index (χ0n) is 16.2. The van der Waals surface area contributed by atoms with Gasteiger partial charge in [-0.25, -0.2) is 9.98 Å². The Morgan fingerprint density at radius 1 is 1.31 bits per heavy atom. The molecule has 0 saturated carbocycles. The van der Waals surface area contributed by atoms with Crippen LogP contribution in [0.5, 0.6) is 5.75 Å². The number of hydrogen-bond donors (Lipinski definition) is 2. The highest BCUT2D eigenvalue weighted by molar-refractivity contribution is 6.08. The van der Waals surface area contributed by atoms with Crippen molar-refractivity contribution in [3.63, 3.8) is 0 Å². The molecule has 0 fully saturated rings. The van der Waals surface area contributed by atoms with Crippen molar-refractivity contribution in [3.05, 3.63) is 24.0 Å². The van der Waals surface area contributed by atoms with E-state index in [0.29, 0.717) is 28.0 Å². The number of fused-ring (bicyclic) bond motifs is 1. The summed E-state index contributed by atoms with van der Waals surface area (Å²) in [6.07, 6.45) is -3.52. The summed E-state index contributed by atoms with van der Waals surface area (Å²) < 4.78 is 50.0. The molecule has 3 rings (SSSR count). The molecule has 2 unspecified atom stereocenters. The molecular formula is C18H20F3N5O3. The van der Waals surface area contributed by atoms with Crippen LogP contribution in [0.25, 0.3) is 11.0 Å². The van der Waals surface area contributed by atoms with Gasteiger partial charge in [0.1, 0.15) is 29.7 Å². The Morgan fingerprint density at radius 3 is 2.62 bits per heavy atom. The first kappa shape index (κ1) is 20.6. The lowest BCUT2D eigenvalue weighted by Crippen LogP contribution is -2.44. The van der Waals surface area contributed by atoms with E-state index in [9.17, 15) is 18.0 Å². The first-order valence-corrected chi connectivity index (χ1v) is 8.59. The quantitative estimate of drug-likeness (QED) is 0.807. The minimum atomic E-state index is -4.47. The number of carbonyl (C=O) groups is 1. The van der Waals surface area contributed by atoms with Crippen LogP contribution in [0.2, 0.25) is 0 Å². The van der Waals surface area contributed by atoms with E-state index in [4.69, 9.17) is 9.15 Å². The number of halogens is 3. The van der Waals surface area contributed by atoms with E-state index in [1.807, 2.05) is 0 Å². The number of rotatable bonds is 4. The highest BCUT2D eigenvalue weighted by Crippen LogP contribution is 2.34. The molecule has 2 aromatic rings. The molecule has 0 aliphatic carbocycles. The molecule has 1 aliphatic rings. The Labute approximate surface area is 164 Å². The largest absolute Gasteiger partial charge is 0.495 e. The number of amides is 1. The summed E-state index contributed by atoms with van der Waals surface area (Å²) in [5, 5.41) is 5.93. The molecular weight excluding hydrogens is 391 g/mol. The van der Waals surface area contributed by atoms with Gasteiger partial charge in [0.05, 0.1) is 18.4 Å². The number of guanidine groups is 1. The molecule has 1 aromatic heterocycles. The van der Waals surface area contributed by atoms with E-state index in [1.54, 1.807) is 26.2 Å². The molecule has 0 saturated heterocycles. The normalized spacial score (nSPS) is 19.2. The zero-order valence-corrected chi connectivity index (χ0v) is 16.2. The van der Waals surface area contributed by atoms with Gasteiger partial charge in [0, 0.05) is 31.8 Å². The third-order valence-corrected chi connectivity index (χ3v) is 4.41. The van der Waals surface area contributed by atoms with E-state index in [1.165, 1.54) is 25.3 Å². The van der Waals surface area contributed by atoms with Crippen molar-refractivity contribution in [2.24, 2.45) is 15.9 Å². The third kappa shape index (κ3) is 4.04. The number of aliphatic imine (C=N–C) groups is 2. The molecule has 1 aromatic carbocycles. The Bertz CT molecular complexity index is 981. The number of alkyl halides is 3. The molecule has 11 heteroatoms. The lowest BCUT2D eigenvalue weighted by molar-refractivity contribution is -0.160. The van der Waals surface area contributed by atoms with E-state index in [-0.39, 0.29) is 11.9 Å². The van der Waals surface area contributed by atoms with Crippen molar-refractivity contribution in [3.8, 4) is 5.75 Å². The lowest BCUT2D eigenvalue weighted by Gasteiger charge is -2.26. The average molecular weight is 411 g/mol. The number of methoxy groups -OCH3 is 1. The number of benzene rings is 1. The van der Waals surface area contributed by atoms with Gasteiger partial charge < -0.3 is 19.4 Å². The van der Waals surface area contributed by atoms with Gasteiger partial charge in [-0.2, -0.15) is 13.2 Å². The molecule has 29 heavy (non-hydrogen) atoms. The van der Waals surface area contributed by atoms with Crippen molar-refractivity contribution >= 4 is 34.7 Å². The molecule has 1 aliphatic heterocycles. The van der Waals surface area contributed by atoms with Crippen molar-refractivity contribution in [2.75, 3.05) is 33.6 Å². The van der Waals surface area contributed by atoms with Gasteiger partial charge in [0.2, 0.25) is 5.96 Å². The fourth-order valence-corrected chi connectivity index (χ4v) is 2.90. The molecule has 1 amide bonds. The first-order chi connectivity index (χ1) is 13.7. The van der Waals surface area contributed by atoms with Crippen LogP contribution in [0.4, 0.5) is 18.9 Å². The molecule has 2 atom stereocenters. The summed E-state index contributed by atoms with van der Waals surface area (Å²) in [4.78, 5) is 21.5. The Hall–Kier alpha value is -3.08. The van der Waals surface area contributed by atoms with Crippen LogP contribution in [0, 0.1) is 5.92 Å². The summed E-state index contributed by atoms with van der Waals surface area (Å²) in [7, 11) is 6.07. The Balaban J connectivity index is 1.94. The molecule has 0 bridgehead atoms. The summed E-state index contributed by atoms with van der Waals surface area (Å²) in [5.74, 6) is -1.72. The standard InChI is InChI=1S/C18H20F3N5O3/c1-22-15-11(18(19,20)21)7-23-17(25-15)24-12-6-13-9(5-14(12)28-4)10(8-29-13)16(27)26(2)3/h5-8,11,15,22H,1-4H3,(H,24,25). The second-order valence-electron chi connectivity index (χ2n) is 6.55. The second kappa shape index (κ2) is 7.74. The third-order valence-electron chi connectivity index (χ3n) is 4.41. The average Bonchev–Trinajstić information content (AvgIpc) is 3.08. The van der Waals surface area contributed by atoms with Crippen molar-refractivity contribution in [1.29, 1.82) is 0 Å². The van der Waals surface area contributed by atoms with Gasteiger partial charge in [-0.3, -0.25) is 10.1 Å². The first-order valence-electron chi connectivity index (χ1n) is 8.59. The van der Waals surface area contributed by atoms with Gasteiger partial charge in [-0.15, -0.1) is 0 Å². The van der Waals surface area contributed by atoms with Gasteiger partial charge in [-0.1, -0.05) is 0 Å². The predicted octanol–water partition coefficient (Wildman–Crippen LogP) is 2.72. The number of furan rings is 1. The number of anilines is 1. The van der Waals surface area contributed by atoms with Crippen LogP contribution >= 0.6 is 0 Å². The van der Waals surface area contributed by atoms with Crippen LogP contribution in [0.15, 0.2) is 32.8 Å². The smallest absolute Gasteiger partial charge is 0.400 e. The van der Waals surface area contributed by atoms with Gasteiger partial charge in [-0.05, 0) is 13.1 Å². The molecule has 2 heterocycles. The van der Waals surface area contributed by atoms with Crippen LogP contribution in [0.1, 0.15) is 10.4 Å². The zero-order chi connectivity index (χ0) is 21.3. The minimum absolute atomic E-state index is 0.0151. The highest BCUT2D eigenvalue weighted by atomic mass is 19.4. The maximum absolute atomic E-state index is 13.1. The molecule has 156 valence electrons. The number of nitrogens with zero attached hydrogens (tertiary/aromatic N) is 3. The molecule has 0 spiro atoms. The van der Waals surface area contributed by atoms with Crippen LogP contribution in [-0.4, -0.2) is 63.6 Å². The van der Waals surface area contributed by atoms with Crippen LogP contribution < -0.4 is 15.4 Å². The molecule has 0 radical (unpaired) electrons. The number of carbonyl (C=O) groups excluding carboxylic acids is 1. The fraction of sp³-hybridized carbons (Fsp3) is 0.389. The minimum Gasteiger partial charge on any atom is -0.495 e. The second-order valence-corrected chi connectivity index (χ2v) is 6.55. The molecule has 2 N–H and O–H groups in total. The van der Waals surface area contributed by atoms with Crippen LogP contribution in [-0.2, 0) is 0 Å². The highest BCUT2D eigenvalue weighted by Gasteiger charge is 2.45. The number of ether oxygens (including phenoxy) is 1. The molecule has 8 nitrogen and oxygen atoms in total.